The topological polar surface area (TPSA) is 68.2 Å². The Morgan fingerprint density at radius 2 is 2.27 bits per heavy atom. The zero-order valence-electron chi connectivity index (χ0n) is 5.71. The van der Waals surface area contributed by atoms with E-state index in [1.807, 2.05) is 0 Å². The average molecular weight is 180 g/mol. The molecule has 2 bridgehead atoms. The van der Waals surface area contributed by atoms with Crippen LogP contribution in [-0.4, -0.2) is 41.7 Å². The van der Waals surface area contributed by atoms with Gasteiger partial charge >= 0.3 is 8.60 Å². The first-order valence-electron chi connectivity index (χ1n) is 3.37. The molecular weight excluding hydrogens is 171 g/mol. The van der Waals surface area contributed by atoms with Crippen LogP contribution < -0.4 is 0 Å². The Balaban J connectivity index is 2.05. The van der Waals surface area contributed by atoms with Crippen molar-refractivity contribution in [2.45, 2.75) is 18.3 Å². The van der Waals surface area contributed by atoms with Crippen LogP contribution in [-0.2, 0) is 13.6 Å². The summed E-state index contributed by atoms with van der Waals surface area (Å²) in [4.78, 5) is 0. The number of rotatable bonds is 1. The molecule has 2 rings (SSSR count). The van der Waals surface area contributed by atoms with E-state index in [-0.39, 0.29) is 12.7 Å². The summed E-state index contributed by atoms with van der Waals surface area (Å²) in [5, 5.41) is 18.1. The molecule has 0 saturated carbocycles. The fourth-order valence-electron chi connectivity index (χ4n) is 1.08. The highest BCUT2D eigenvalue weighted by molar-refractivity contribution is 7.42. The van der Waals surface area contributed by atoms with Crippen LogP contribution in [0, 0.1) is 0 Å². The van der Waals surface area contributed by atoms with Crippen molar-refractivity contribution in [3.05, 3.63) is 0 Å². The van der Waals surface area contributed by atoms with E-state index in [9.17, 15) is 5.11 Å². The first kappa shape index (κ1) is 7.86. The molecule has 5 nitrogen and oxygen atoms in total. The molecule has 0 spiro atoms. The van der Waals surface area contributed by atoms with Crippen LogP contribution in [0.5, 0.6) is 0 Å². The second-order valence-electron chi connectivity index (χ2n) is 2.48. The second-order valence-corrected chi connectivity index (χ2v) is 3.61. The van der Waals surface area contributed by atoms with Gasteiger partial charge in [0.25, 0.3) is 0 Å². The normalized spacial score (nSPS) is 49.6. The van der Waals surface area contributed by atoms with Crippen LogP contribution in [0.4, 0.5) is 0 Å². The molecule has 0 aromatic rings. The van der Waals surface area contributed by atoms with E-state index in [0.29, 0.717) is 6.61 Å². The van der Waals surface area contributed by atoms with Gasteiger partial charge in [-0.15, -0.1) is 0 Å². The van der Waals surface area contributed by atoms with Crippen molar-refractivity contribution in [3.8, 4) is 0 Å². The number of aliphatic hydroxyl groups excluding tert-OH is 2. The van der Waals surface area contributed by atoms with E-state index in [1.54, 1.807) is 0 Å². The highest BCUT2D eigenvalue weighted by Crippen LogP contribution is 2.52. The molecule has 0 radical (unpaired) electrons. The third kappa shape index (κ3) is 1.28. The van der Waals surface area contributed by atoms with E-state index in [0.717, 1.165) is 0 Å². The van der Waals surface area contributed by atoms with Gasteiger partial charge in [-0.2, -0.15) is 0 Å². The van der Waals surface area contributed by atoms with Gasteiger partial charge in [-0.1, -0.05) is 0 Å². The van der Waals surface area contributed by atoms with Crippen molar-refractivity contribution in [1.29, 1.82) is 0 Å². The van der Waals surface area contributed by atoms with Crippen molar-refractivity contribution < 1.29 is 23.8 Å². The molecule has 0 aliphatic carbocycles. The smallest absolute Gasteiger partial charge is 0.333 e. The molecule has 2 fully saturated rings. The molecule has 6 heteroatoms. The predicted octanol–water partition coefficient (Wildman–Crippen LogP) is -0.619. The first-order chi connectivity index (χ1) is 5.31. The molecule has 4 atom stereocenters. The van der Waals surface area contributed by atoms with Crippen molar-refractivity contribution in [2.75, 3.05) is 13.2 Å². The summed E-state index contributed by atoms with van der Waals surface area (Å²) in [6.07, 6.45) is -1.62. The zero-order chi connectivity index (χ0) is 7.84. The lowest BCUT2D eigenvalue weighted by Gasteiger charge is -2.28. The van der Waals surface area contributed by atoms with Gasteiger partial charge in [-0.25, -0.2) is 0 Å². The lowest BCUT2D eigenvalue weighted by atomic mass is 10.1. The van der Waals surface area contributed by atoms with Crippen molar-refractivity contribution in [2.24, 2.45) is 0 Å². The summed E-state index contributed by atoms with van der Waals surface area (Å²) in [5.74, 6) is 0. The van der Waals surface area contributed by atoms with Gasteiger partial charge in [-0.05, 0) is 0 Å². The fraction of sp³-hybridized carbons (Fsp3) is 1.00. The number of aliphatic hydroxyl groups is 2. The Bertz CT molecular complexity index is 154. The molecule has 11 heavy (non-hydrogen) atoms. The Kier molecular flexibility index (Phi) is 2.10. The van der Waals surface area contributed by atoms with E-state index in [2.05, 4.69) is 0 Å². The molecule has 64 valence electrons. The summed E-state index contributed by atoms with van der Waals surface area (Å²) in [7, 11) is -1.29. The Labute approximate surface area is 64.9 Å². The number of hydrogen-bond acceptors (Lipinski definition) is 5. The van der Waals surface area contributed by atoms with Gasteiger partial charge in [0.1, 0.15) is 18.3 Å². The standard InChI is InChI=1S/C5H9O5P/c6-1-3-5(7)4-2-8-11(9-3)10-4/h3-7H,1-2H2. The summed E-state index contributed by atoms with van der Waals surface area (Å²) in [6, 6.07) is 0. The SMILES string of the molecule is OCC1OP2OCC(O2)C1O. The Morgan fingerprint density at radius 1 is 1.45 bits per heavy atom. The zero-order valence-corrected chi connectivity index (χ0v) is 6.61. The molecule has 2 aliphatic rings. The summed E-state index contributed by atoms with van der Waals surface area (Å²) in [6.45, 7) is 0.173. The first-order valence-corrected chi connectivity index (χ1v) is 4.46. The van der Waals surface area contributed by atoms with E-state index in [1.165, 1.54) is 0 Å². The minimum atomic E-state index is -1.29. The molecule has 4 unspecified atom stereocenters. The minimum absolute atomic E-state index is 0.191. The third-order valence-electron chi connectivity index (χ3n) is 1.73. The molecule has 2 aliphatic heterocycles. The summed E-state index contributed by atoms with van der Waals surface area (Å²) in [5.41, 5.74) is 0. The van der Waals surface area contributed by atoms with Gasteiger partial charge in [-0.3, -0.25) is 0 Å². The van der Waals surface area contributed by atoms with Crippen molar-refractivity contribution in [3.63, 3.8) is 0 Å². The third-order valence-corrected chi connectivity index (χ3v) is 2.97. The molecule has 2 N–H and O–H groups in total. The molecular formula is C5H9O5P. The van der Waals surface area contributed by atoms with Gasteiger partial charge in [0.2, 0.25) is 0 Å². The quantitative estimate of drug-likeness (QED) is 0.526. The molecule has 2 saturated heterocycles. The van der Waals surface area contributed by atoms with Crippen molar-refractivity contribution >= 4 is 8.60 Å². The van der Waals surface area contributed by atoms with E-state index < -0.39 is 20.8 Å². The molecule has 0 aromatic carbocycles. The van der Waals surface area contributed by atoms with E-state index >= 15 is 0 Å². The Morgan fingerprint density at radius 3 is 3.00 bits per heavy atom. The van der Waals surface area contributed by atoms with Gasteiger partial charge in [0.15, 0.2) is 0 Å². The summed E-state index contributed by atoms with van der Waals surface area (Å²) >= 11 is 0. The van der Waals surface area contributed by atoms with Crippen LogP contribution in [0.1, 0.15) is 0 Å². The van der Waals surface area contributed by atoms with Crippen LogP contribution in [0.15, 0.2) is 0 Å². The van der Waals surface area contributed by atoms with Crippen LogP contribution in [0.25, 0.3) is 0 Å². The monoisotopic (exact) mass is 180 g/mol. The lowest BCUT2D eigenvalue weighted by Crippen LogP contribution is -2.43. The largest absolute Gasteiger partial charge is 0.394 e. The van der Waals surface area contributed by atoms with Crippen LogP contribution in [0.3, 0.4) is 0 Å². The van der Waals surface area contributed by atoms with Gasteiger partial charge in [0.05, 0.1) is 13.2 Å². The predicted molar refractivity (Wildman–Crippen MR) is 35.7 cm³/mol. The highest BCUT2D eigenvalue weighted by atomic mass is 31.2. The van der Waals surface area contributed by atoms with Gasteiger partial charge < -0.3 is 23.8 Å². The second kappa shape index (κ2) is 2.94. The number of hydrogen-bond donors (Lipinski definition) is 2. The van der Waals surface area contributed by atoms with Crippen LogP contribution in [0.2, 0.25) is 0 Å². The van der Waals surface area contributed by atoms with Crippen molar-refractivity contribution in [1.82, 2.24) is 0 Å². The van der Waals surface area contributed by atoms with E-state index in [4.69, 9.17) is 18.7 Å². The fourth-order valence-corrected chi connectivity index (χ4v) is 2.33. The minimum Gasteiger partial charge on any atom is -0.394 e. The maximum atomic E-state index is 9.38. The number of fused-ring (bicyclic) bond motifs is 2. The molecule has 0 amide bonds. The maximum absolute atomic E-state index is 9.38. The summed E-state index contributed by atoms with van der Waals surface area (Å²) < 4.78 is 15.2. The average Bonchev–Trinajstić information content (AvgIpc) is 2.42. The maximum Gasteiger partial charge on any atom is 0.333 e. The van der Waals surface area contributed by atoms with Crippen LogP contribution >= 0.6 is 8.60 Å². The highest BCUT2D eigenvalue weighted by Gasteiger charge is 2.45. The van der Waals surface area contributed by atoms with Gasteiger partial charge in [0, 0.05) is 0 Å². The molecule has 2 heterocycles. The molecule has 0 aromatic heterocycles. The lowest BCUT2D eigenvalue weighted by molar-refractivity contribution is -0.0733. The Hall–Kier alpha value is 0.230.